The van der Waals surface area contributed by atoms with Crippen molar-refractivity contribution in [3.8, 4) is 11.8 Å². The summed E-state index contributed by atoms with van der Waals surface area (Å²) in [5, 5.41) is 19.1. The Morgan fingerprint density at radius 3 is 2.84 bits per heavy atom. The van der Waals surface area contributed by atoms with Gasteiger partial charge in [0.2, 0.25) is 0 Å². The van der Waals surface area contributed by atoms with Gasteiger partial charge in [-0.05, 0) is 24.3 Å². The molecular formula is C19H20N2O4. The van der Waals surface area contributed by atoms with Crippen LogP contribution in [-0.4, -0.2) is 35.1 Å². The monoisotopic (exact) mass is 340 g/mol. The number of amides is 1. The molecule has 1 saturated heterocycles. The van der Waals surface area contributed by atoms with Gasteiger partial charge in [0.05, 0.1) is 11.7 Å². The van der Waals surface area contributed by atoms with Crippen molar-refractivity contribution in [2.75, 3.05) is 13.1 Å². The zero-order chi connectivity index (χ0) is 18.0. The van der Waals surface area contributed by atoms with E-state index in [-0.39, 0.29) is 23.7 Å². The Morgan fingerprint density at radius 2 is 2.16 bits per heavy atom. The second kappa shape index (κ2) is 6.61. The zero-order valence-corrected chi connectivity index (χ0v) is 14.2. The van der Waals surface area contributed by atoms with E-state index in [1.165, 1.54) is 0 Å². The summed E-state index contributed by atoms with van der Waals surface area (Å²) in [5.74, 6) is 0.944. The molecule has 0 spiro atoms. The Kier molecular flexibility index (Phi) is 4.51. The van der Waals surface area contributed by atoms with Crippen molar-refractivity contribution in [3.63, 3.8) is 0 Å². The lowest BCUT2D eigenvalue weighted by molar-refractivity contribution is 0.0728. The van der Waals surface area contributed by atoms with E-state index in [4.69, 9.17) is 14.4 Å². The number of furan rings is 1. The molecule has 25 heavy (non-hydrogen) atoms. The van der Waals surface area contributed by atoms with Crippen molar-refractivity contribution in [1.29, 1.82) is 5.26 Å². The molecule has 0 aliphatic carbocycles. The van der Waals surface area contributed by atoms with Crippen LogP contribution in [0.3, 0.4) is 0 Å². The number of rotatable bonds is 4. The number of aliphatic hydroxyl groups excluding tert-OH is 1. The number of nitrogens with zero attached hydrogens (tertiary/aromatic N) is 2. The van der Waals surface area contributed by atoms with Crippen molar-refractivity contribution in [2.24, 2.45) is 5.41 Å². The number of hydrogen-bond donors (Lipinski definition) is 1. The lowest BCUT2D eigenvalue weighted by atomic mass is 9.90. The largest absolute Gasteiger partial charge is 0.484 e. The number of para-hydroxylation sites is 1. The number of ether oxygens (including phenoxy) is 1. The summed E-state index contributed by atoms with van der Waals surface area (Å²) in [6, 6.07) is 12.3. The molecule has 0 radical (unpaired) electrons. The summed E-state index contributed by atoms with van der Waals surface area (Å²) >= 11 is 0. The predicted octanol–water partition coefficient (Wildman–Crippen LogP) is 2.57. The molecule has 3 rings (SSSR count). The van der Waals surface area contributed by atoms with Gasteiger partial charge in [0.25, 0.3) is 5.91 Å². The fourth-order valence-corrected chi connectivity index (χ4v) is 2.83. The molecule has 6 nitrogen and oxygen atoms in total. The van der Waals surface area contributed by atoms with E-state index in [9.17, 15) is 9.90 Å². The maximum Gasteiger partial charge on any atom is 0.289 e. The quantitative estimate of drug-likeness (QED) is 0.924. The summed E-state index contributed by atoms with van der Waals surface area (Å²) in [7, 11) is 0. The lowest BCUT2D eigenvalue weighted by Gasteiger charge is -2.20. The topological polar surface area (TPSA) is 86.7 Å². The van der Waals surface area contributed by atoms with Gasteiger partial charge in [-0.3, -0.25) is 4.79 Å². The molecule has 1 aromatic heterocycles. The summed E-state index contributed by atoms with van der Waals surface area (Å²) in [6.45, 7) is 4.76. The minimum absolute atomic E-state index is 0.125. The Hall–Kier alpha value is -2.78. The summed E-state index contributed by atoms with van der Waals surface area (Å²) in [5.41, 5.74) is 0.119. The molecule has 6 heteroatoms. The van der Waals surface area contributed by atoms with Crippen molar-refractivity contribution in [2.45, 2.75) is 26.6 Å². The van der Waals surface area contributed by atoms with E-state index in [0.717, 1.165) is 0 Å². The molecule has 0 bridgehead atoms. The number of carbonyl (C=O) groups is 1. The van der Waals surface area contributed by atoms with Gasteiger partial charge in [-0.1, -0.05) is 26.0 Å². The SMILES string of the molecule is CC1(C)CN(C(=O)c2ccc(COc3ccccc3C#N)o2)C[C@@H]1O. The number of nitriles is 1. The van der Waals surface area contributed by atoms with Crippen LogP contribution >= 0.6 is 0 Å². The minimum Gasteiger partial charge on any atom is -0.484 e. The van der Waals surface area contributed by atoms with Crippen molar-refractivity contribution in [1.82, 2.24) is 4.90 Å². The van der Waals surface area contributed by atoms with Crippen LogP contribution in [0, 0.1) is 16.7 Å². The molecule has 0 saturated carbocycles. The van der Waals surface area contributed by atoms with Crippen LogP contribution in [-0.2, 0) is 6.61 Å². The summed E-state index contributed by atoms with van der Waals surface area (Å²) in [4.78, 5) is 14.1. The maximum atomic E-state index is 12.5. The van der Waals surface area contributed by atoms with Crippen LogP contribution in [0.2, 0.25) is 0 Å². The third kappa shape index (κ3) is 3.52. The first-order valence-electron chi connectivity index (χ1n) is 8.09. The van der Waals surface area contributed by atoms with Crippen LogP contribution in [0.4, 0.5) is 0 Å². The number of β-amino-alcohol motifs (C(OH)–C–C–N with tert-alkyl or cyclic N) is 1. The fraction of sp³-hybridized carbons (Fsp3) is 0.368. The molecule has 2 heterocycles. The number of aliphatic hydroxyl groups is 1. The van der Waals surface area contributed by atoms with E-state index < -0.39 is 6.10 Å². The molecule has 1 aliphatic heterocycles. The first kappa shape index (κ1) is 17.1. The Balaban J connectivity index is 1.65. The molecule has 1 amide bonds. The maximum absolute atomic E-state index is 12.5. The predicted molar refractivity (Wildman–Crippen MR) is 89.9 cm³/mol. The smallest absolute Gasteiger partial charge is 0.289 e. The minimum atomic E-state index is -0.545. The molecular weight excluding hydrogens is 320 g/mol. The molecule has 130 valence electrons. The van der Waals surface area contributed by atoms with Gasteiger partial charge in [-0.15, -0.1) is 0 Å². The number of likely N-dealkylation sites (tertiary alicyclic amines) is 1. The Labute approximate surface area is 146 Å². The standard InChI is InChI=1S/C19H20N2O4/c1-19(2)12-21(10-17(19)22)18(23)16-8-7-14(25-16)11-24-15-6-4-3-5-13(15)9-20/h3-8,17,22H,10-12H2,1-2H3/t17-/m0/s1. The highest BCUT2D eigenvalue weighted by atomic mass is 16.5. The van der Waals surface area contributed by atoms with E-state index in [0.29, 0.717) is 30.2 Å². The zero-order valence-electron chi connectivity index (χ0n) is 14.2. The number of hydrogen-bond acceptors (Lipinski definition) is 5. The van der Waals surface area contributed by atoms with Crippen LogP contribution < -0.4 is 4.74 Å². The van der Waals surface area contributed by atoms with Crippen molar-refractivity contribution < 1.29 is 19.1 Å². The molecule has 2 aromatic rings. The van der Waals surface area contributed by atoms with Crippen LogP contribution in [0.15, 0.2) is 40.8 Å². The molecule has 1 atom stereocenters. The van der Waals surface area contributed by atoms with E-state index in [1.54, 1.807) is 41.3 Å². The third-order valence-corrected chi connectivity index (χ3v) is 4.43. The van der Waals surface area contributed by atoms with Gasteiger partial charge in [-0.25, -0.2) is 0 Å². The highest BCUT2D eigenvalue weighted by molar-refractivity contribution is 5.91. The highest BCUT2D eigenvalue weighted by Gasteiger charge is 2.41. The molecule has 1 N–H and O–H groups in total. The first-order valence-corrected chi connectivity index (χ1v) is 8.09. The Morgan fingerprint density at radius 1 is 1.40 bits per heavy atom. The molecule has 0 unspecified atom stereocenters. The second-order valence-corrected chi connectivity index (χ2v) is 6.85. The van der Waals surface area contributed by atoms with Crippen LogP contribution in [0.5, 0.6) is 5.75 Å². The van der Waals surface area contributed by atoms with E-state index in [1.807, 2.05) is 13.8 Å². The van der Waals surface area contributed by atoms with Gasteiger partial charge in [0.1, 0.15) is 24.2 Å². The second-order valence-electron chi connectivity index (χ2n) is 6.85. The first-order chi connectivity index (χ1) is 11.9. The molecule has 1 aliphatic rings. The van der Waals surface area contributed by atoms with Gasteiger partial charge in [-0.2, -0.15) is 5.26 Å². The van der Waals surface area contributed by atoms with Gasteiger partial charge in [0.15, 0.2) is 5.76 Å². The third-order valence-electron chi connectivity index (χ3n) is 4.43. The van der Waals surface area contributed by atoms with Crippen molar-refractivity contribution >= 4 is 5.91 Å². The highest BCUT2D eigenvalue weighted by Crippen LogP contribution is 2.30. The van der Waals surface area contributed by atoms with Gasteiger partial charge >= 0.3 is 0 Å². The van der Waals surface area contributed by atoms with Crippen LogP contribution in [0.25, 0.3) is 0 Å². The summed E-state index contributed by atoms with van der Waals surface area (Å²) < 4.78 is 11.2. The average molecular weight is 340 g/mol. The van der Waals surface area contributed by atoms with Crippen LogP contribution in [0.1, 0.15) is 35.7 Å². The Bertz CT molecular complexity index is 819. The fourth-order valence-electron chi connectivity index (χ4n) is 2.83. The lowest BCUT2D eigenvalue weighted by Crippen LogP contribution is -2.29. The molecule has 1 aromatic carbocycles. The van der Waals surface area contributed by atoms with E-state index >= 15 is 0 Å². The summed E-state index contributed by atoms with van der Waals surface area (Å²) in [6.07, 6.45) is -0.545. The van der Waals surface area contributed by atoms with E-state index in [2.05, 4.69) is 6.07 Å². The average Bonchev–Trinajstić information content (AvgIpc) is 3.17. The van der Waals surface area contributed by atoms with Gasteiger partial charge in [0, 0.05) is 18.5 Å². The molecule has 1 fully saturated rings. The van der Waals surface area contributed by atoms with Crippen molar-refractivity contribution in [3.05, 3.63) is 53.5 Å². The number of carbonyl (C=O) groups excluding carboxylic acids is 1. The normalized spacial score (nSPS) is 18.8. The van der Waals surface area contributed by atoms with Gasteiger partial charge < -0.3 is 19.2 Å². The number of benzene rings is 1.